The molecule has 1 fully saturated rings. The highest BCUT2D eigenvalue weighted by Crippen LogP contribution is 2.18. The quantitative estimate of drug-likeness (QED) is 0.653. The second-order valence-electron chi connectivity index (χ2n) is 7.07. The van der Waals surface area contributed by atoms with Gasteiger partial charge in [-0.05, 0) is 42.8 Å². The van der Waals surface area contributed by atoms with Crippen LogP contribution >= 0.6 is 11.6 Å². The molecule has 1 aliphatic rings. The van der Waals surface area contributed by atoms with Gasteiger partial charge in [0.15, 0.2) is 0 Å². The molecule has 148 valence electrons. The van der Waals surface area contributed by atoms with Crippen LogP contribution in [0.25, 0.3) is 11.0 Å². The molecule has 1 saturated heterocycles. The van der Waals surface area contributed by atoms with E-state index in [1.807, 2.05) is 6.92 Å². The number of hydrogen-bond acceptors (Lipinski definition) is 4. The molecule has 1 atom stereocenters. The van der Waals surface area contributed by atoms with E-state index in [1.165, 1.54) is 10.6 Å². The maximum absolute atomic E-state index is 13.0. The number of fused-ring (bicyclic) bond motifs is 1. The summed E-state index contributed by atoms with van der Waals surface area (Å²) < 4.78 is 1.28. The summed E-state index contributed by atoms with van der Waals surface area (Å²) in [6.07, 6.45) is 1.56. The average Bonchev–Trinajstić information content (AvgIpc) is 3.46. The Bertz CT molecular complexity index is 1160. The number of carbonyl (C=O) groups is 2. The van der Waals surface area contributed by atoms with Crippen LogP contribution in [0.3, 0.4) is 0 Å². The highest BCUT2D eigenvalue weighted by atomic mass is 35.5. The lowest BCUT2D eigenvalue weighted by molar-refractivity contribution is -0.126. The van der Waals surface area contributed by atoms with Crippen molar-refractivity contribution in [1.29, 1.82) is 0 Å². The van der Waals surface area contributed by atoms with E-state index in [9.17, 15) is 14.4 Å². The van der Waals surface area contributed by atoms with E-state index in [4.69, 9.17) is 11.6 Å². The second-order valence-corrected chi connectivity index (χ2v) is 7.51. The van der Waals surface area contributed by atoms with Crippen LogP contribution in [0.5, 0.6) is 0 Å². The fourth-order valence-electron chi connectivity index (χ4n) is 3.21. The van der Waals surface area contributed by atoms with Gasteiger partial charge in [0.05, 0.1) is 0 Å². The van der Waals surface area contributed by atoms with E-state index in [1.54, 1.807) is 47.5 Å². The lowest BCUT2D eigenvalue weighted by Crippen LogP contribution is -2.35. The fourth-order valence-corrected chi connectivity index (χ4v) is 3.33. The number of rotatable bonds is 5. The number of hydrogen-bond donors (Lipinski definition) is 1. The summed E-state index contributed by atoms with van der Waals surface area (Å²) in [4.78, 5) is 44.1. The number of nitrogens with zero attached hydrogens (tertiary/aromatic N) is 3. The lowest BCUT2D eigenvalue weighted by Gasteiger charge is -2.12. The zero-order valence-corrected chi connectivity index (χ0v) is 16.5. The zero-order chi connectivity index (χ0) is 20.5. The van der Waals surface area contributed by atoms with Crippen LogP contribution in [0.4, 0.5) is 0 Å². The second kappa shape index (κ2) is 7.67. The molecule has 3 heterocycles. The Kier molecular flexibility index (Phi) is 5.07. The van der Waals surface area contributed by atoms with Gasteiger partial charge in [-0.1, -0.05) is 23.7 Å². The van der Waals surface area contributed by atoms with Gasteiger partial charge in [-0.2, -0.15) is 0 Å². The summed E-state index contributed by atoms with van der Waals surface area (Å²) in [5.74, 6) is -0.665. The number of benzene rings is 1. The van der Waals surface area contributed by atoms with Gasteiger partial charge in [-0.15, -0.1) is 0 Å². The molecule has 8 heteroatoms. The van der Waals surface area contributed by atoms with Crippen LogP contribution in [-0.2, 0) is 17.9 Å². The van der Waals surface area contributed by atoms with E-state index in [0.717, 1.165) is 5.56 Å². The number of nitrogens with one attached hydrogen (secondary N) is 1. The third-order valence-corrected chi connectivity index (χ3v) is 5.18. The molecule has 1 N–H and O–H groups in total. The zero-order valence-electron chi connectivity index (χ0n) is 15.8. The van der Waals surface area contributed by atoms with Crippen molar-refractivity contribution < 1.29 is 9.59 Å². The molecule has 0 spiro atoms. The third-order valence-electron chi connectivity index (χ3n) is 4.93. The van der Waals surface area contributed by atoms with E-state index in [0.29, 0.717) is 22.6 Å². The molecule has 0 aliphatic carbocycles. The molecular weight excluding hydrogens is 392 g/mol. The van der Waals surface area contributed by atoms with Gasteiger partial charge in [0.2, 0.25) is 5.91 Å². The molecule has 2 aromatic heterocycles. The highest BCUT2D eigenvalue weighted by molar-refractivity contribution is 6.30. The molecule has 4 rings (SSSR count). The SMILES string of the molecule is CC1CN1C(=O)Cn1c(=O)c(C(=O)NCc2ccc(Cl)cc2)cc2cccnc21. The normalized spacial score (nSPS) is 15.4. The minimum absolute atomic E-state index is 0.0221. The third kappa shape index (κ3) is 4.00. The predicted molar refractivity (Wildman–Crippen MR) is 110 cm³/mol. The van der Waals surface area contributed by atoms with Crippen molar-refractivity contribution in [2.45, 2.75) is 26.1 Å². The molecular formula is C21H19ClN4O3. The maximum atomic E-state index is 13.0. The van der Waals surface area contributed by atoms with Crippen LogP contribution in [-0.4, -0.2) is 38.9 Å². The lowest BCUT2D eigenvalue weighted by atomic mass is 10.1. The van der Waals surface area contributed by atoms with Gasteiger partial charge in [-0.3, -0.25) is 19.0 Å². The summed E-state index contributed by atoms with van der Waals surface area (Å²) in [7, 11) is 0. The Morgan fingerprint density at radius 3 is 2.66 bits per heavy atom. The van der Waals surface area contributed by atoms with Crippen molar-refractivity contribution in [3.8, 4) is 0 Å². The average molecular weight is 411 g/mol. The van der Waals surface area contributed by atoms with Crippen molar-refractivity contribution >= 4 is 34.4 Å². The topological polar surface area (TPSA) is 84.1 Å². The van der Waals surface area contributed by atoms with E-state index >= 15 is 0 Å². The molecule has 0 saturated carbocycles. The summed E-state index contributed by atoms with van der Waals surface area (Å²) in [5.41, 5.74) is 0.685. The first-order valence-electron chi connectivity index (χ1n) is 9.24. The maximum Gasteiger partial charge on any atom is 0.265 e. The number of amides is 2. The van der Waals surface area contributed by atoms with Crippen molar-refractivity contribution in [1.82, 2.24) is 19.8 Å². The van der Waals surface area contributed by atoms with Crippen LogP contribution in [0.2, 0.25) is 5.02 Å². The minimum atomic E-state index is -0.535. The Hall–Kier alpha value is -3.19. The summed E-state index contributed by atoms with van der Waals surface area (Å²) in [6, 6.07) is 12.3. The molecule has 0 bridgehead atoms. The van der Waals surface area contributed by atoms with Crippen molar-refractivity contribution in [2.24, 2.45) is 0 Å². The smallest absolute Gasteiger partial charge is 0.265 e. The van der Waals surface area contributed by atoms with Gasteiger partial charge >= 0.3 is 0 Å². The van der Waals surface area contributed by atoms with Crippen LogP contribution < -0.4 is 10.9 Å². The number of pyridine rings is 2. The van der Waals surface area contributed by atoms with Gasteiger partial charge in [0.25, 0.3) is 11.5 Å². The predicted octanol–water partition coefficient (Wildman–Crippen LogP) is 2.21. The largest absolute Gasteiger partial charge is 0.348 e. The molecule has 2 amide bonds. The van der Waals surface area contributed by atoms with Crippen molar-refractivity contribution in [3.63, 3.8) is 0 Å². The Labute approximate surface area is 171 Å². The standard InChI is InChI=1S/C21H19ClN4O3/c1-13-11-25(13)18(27)12-26-19-15(3-2-8-23-19)9-17(21(26)29)20(28)24-10-14-4-6-16(22)7-5-14/h2-9,13H,10-12H2,1H3,(H,24,28). The van der Waals surface area contributed by atoms with Crippen LogP contribution in [0, 0.1) is 0 Å². The van der Waals surface area contributed by atoms with E-state index in [2.05, 4.69) is 10.3 Å². The molecule has 29 heavy (non-hydrogen) atoms. The molecule has 7 nitrogen and oxygen atoms in total. The van der Waals surface area contributed by atoms with Gasteiger partial charge in [0, 0.05) is 35.7 Å². The van der Waals surface area contributed by atoms with Gasteiger partial charge < -0.3 is 10.2 Å². The van der Waals surface area contributed by atoms with Crippen LogP contribution in [0.1, 0.15) is 22.8 Å². The molecule has 1 aliphatic heterocycles. The Morgan fingerprint density at radius 1 is 1.24 bits per heavy atom. The molecule has 0 radical (unpaired) electrons. The van der Waals surface area contributed by atoms with Crippen molar-refractivity contribution in [3.05, 3.63) is 75.2 Å². The number of halogens is 1. The molecule has 3 aromatic rings. The first kappa shape index (κ1) is 19.1. The number of carbonyl (C=O) groups excluding carboxylic acids is 2. The Balaban J connectivity index is 1.64. The fraction of sp³-hybridized carbons (Fsp3) is 0.238. The summed E-state index contributed by atoms with van der Waals surface area (Å²) in [6.45, 7) is 2.73. The van der Waals surface area contributed by atoms with E-state index in [-0.39, 0.29) is 30.6 Å². The minimum Gasteiger partial charge on any atom is -0.348 e. The first-order valence-corrected chi connectivity index (χ1v) is 9.62. The number of aromatic nitrogens is 2. The van der Waals surface area contributed by atoms with E-state index < -0.39 is 11.5 Å². The molecule has 1 unspecified atom stereocenters. The van der Waals surface area contributed by atoms with Gasteiger partial charge in [0.1, 0.15) is 17.8 Å². The van der Waals surface area contributed by atoms with Crippen molar-refractivity contribution in [2.75, 3.05) is 6.54 Å². The summed E-state index contributed by atoms with van der Waals surface area (Å²) in [5, 5.41) is 3.98. The molecule has 1 aromatic carbocycles. The highest BCUT2D eigenvalue weighted by Gasteiger charge is 2.34. The first-order chi connectivity index (χ1) is 13.9. The van der Waals surface area contributed by atoms with Crippen LogP contribution in [0.15, 0.2) is 53.5 Å². The Morgan fingerprint density at radius 2 is 1.97 bits per heavy atom. The summed E-state index contributed by atoms with van der Waals surface area (Å²) >= 11 is 5.87. The monoisotopic (exact) mass is 410 g/mol. The van der Waals surface area contributed by atoms with Gasteiger partial charge in [-0.25, -0.2) is 4.98 Å².